The van der Waals surface area contributed by atoms with Gasteiger partial charge in [-0.25, -0.2) is 0 Å². The third kappa shape index (κ3) is 5.76. The Labute approximate surface area is 134 Å². The van der Waals surface area contributed by atoms with Crippen LogP contribution in [-0.2, 0) is 4.79 Å². The monoisotopic (exact) mass is 344 g/mol. The van der Waals surface area contributed by atoms with E-state index in [2.05, 4.69) is 5.32 Å². The highest BCUT2D eigenvalue weighted by Gasteiger charge is 2.14. The van der Waals surface area contributed by atoms with Gasteiger partial charge in [-0.05, 0) is 26.0 Å². The lowest BCUT2D eigenvalue weighted by molar-refractivity contribution is -0.888. The Morgan fingerprint density at radius 2 is 1.63 bits per heavy atom. The van der Waals surface area contributed by atoms with E-state index in [0.29, 0.717) is 27.3 Å². The van der Waals surface area contributed by atoms with Crippen LogP contribution in [-0.4, -0.2) is 25.5 Å². The Morgan fingerprint density at radius 3 is 2.05 bits per heavy atom. The molecular weight excluding hydrogens is 330 g/mol. The molecule has 0 unspecified atom stereocenters. The topological polar surface area (TPSA) is 33.5 Å². The summed E-state index contributed by atoms with van der Waals surface area (Å²) in [6.45, 7) is 6.25. The number of quaternary nitrogens is 1. The number of amides is 1. The van der Waals surface area contributed by atoms with E-state index in [0.717, 1.165) is 13.1 Å². The molecule has 0 spiro atoms. The van der Waals surface area contributed by atoms with Crippen LogP contribution in [0.25, 0.3) is 0 Å². The molecule has 0 saturated heterocycles. The third-order valence-corrected chi connectivity index (χ3v) is 3.50. The van der Waals surface area contributed by atoms with Crippen LogP contribution in [0.5, 0.6) is 0 Å². The summed E-state index contributed by atoms with van der Waals surface area (Å²) < 4.78 is 0. The second-order valence-electron chi connectivity index (χ2n) is 3.93. The number of likely N-dealkylation sites (N-methyl/N-ethyl adjacent to an activating group) is 1. The molecular formula is C12H16Cl4N2O. The van der Waals surface area contributed by atoms with Crippen molar-refractivity contribution in [2.75, 3.05) is 25.0 Å². The van der Waals surface area contributed by atoms with Crippen LogP contribution >= 0.6 is 34.8 Å². The van der Waals surface area contributed by atoms with Crippen molar-refractivity contribution < 1.29 is 22.1 Å². The van der Waals surface area contributed by atoms with Crippen LogP contribution in [0.2, 0.25) is 15.1 Å². The zero-order valence-corrected chi connectivity index (χ0v) is 13.7. The lowest BCUT2D eigenvalue weighted by Gasteiger charge is -2.15. The number of hydrogen-bond donors (Lipinski definition) is 2. The zero-order valence-electron chi connectivity index (χ0n) is 10.7. The van der Waals surface area contributed by atoms with Crippen molar-refractivity contribution in [1.82, 2.24) is 0 Å². The van der Waals surface area contributed by atoms with Crippen molar-refractivity contribution in [3.8, 4) is 0 Å². The summed E-state index contributed by atoms with van der Waals surface area (Å²) in [4.78, 5) is 13.0. The zero-order chi connectivity index (χ0) is 13.7. The molecule has 7 heteroatoms. The van der Waals surface area contributed by atoms with Crippen molar-refractivity contribution >= 4 is 46.4 Å². The summed E-state index contributed by atoms with van der Waals surface area (Å²) >= 11 is 17.8. The van der Waals surface area contributed by atoms with Gasteiger partial charge in [0.2, 0.25) is 0 Å². The van der Waals surface area contributed by atoms with Crippen molar-refractivity contribution in [2.24, 2.45) is 0 Å². The summed E-state index contributed by atoms with van der Waals surface area (Å²) in [6.07, 6.45) is 0. The average molecular weight is 346 g/mol. The first kappa shape index (κ1) is 18.8. The highest BCUT2D eigenvalue weighted by Crippen LogP contribution is 2.33. The Balaban J connectivity index is 0.00000324. The molecule has 0 radical (unpaired) electrons. The van der Waals surface area contributed by atoms with E-state index < -0.39 is 0 Å². The molecule has 19 heavy (non-hydrogen) atoms. The molecule has 0 bridgehead atoms. The quantitative estimate of drug-likeness (QED) is 0.742. The summed E-state index contributed by atoms with van der Waals surface area (Å²) in [6, 6.07) is 3.10. The minimum absolute atomic E-state index is 0. The minimum atomic E-state index is -0.111. The first-order valence-corrected chi connectivity index (χ1v) is 6.89. The first-order chi connectivity index (χ1) is 8.47. The molecule has 0 fully saturated rings. The number of halogens is 4. The van der Waals surface area contributed by atoms with Crippen LogP contribution in [0.1, 0.15) is 13.8 Å². The van der Waals surface area contributed by atoms with Crippen molar-refractivity contribution in [2.45, 2.75) is 13.8 Å². The number of rotatable bonds is 5. The smallest absolute Gasteiger partial charge is 0.279 e. The van der Waals surface area contributed by atoms with Crippen LogP contribution in [0, 0.1) is 0 Å². The van der Waals surface area contributed by atoms with Crippen LogP contribution < -0.4 is 22.6 Å². The van der Waals surface area contributed by atoms with E-state index in [1.165, 1.54) is 4.90 Å². The molecule has 1 aromatic carbocycles. The summed E-state index contributed by atoms with van der Waals surface area (Å²) in [7, 11) is 0. The Hall–Kier alpha value is -0.190. The molecule has 0 saturated carbocycles. The van der Waals surface area contributed by atoms with Crippen LogP contribution in [0.15, 0.2) is 12.1 Å². The molecule has 1 rings (SSSR count). The van der Waals surface area contributed by atoms with Crippen LogP contribution in [0.4, 0.5) is 5.69 Å². The molecule has 1 amide bonds. The maximum atomic E-state index is 11.8. The highest BCUT2D eigenvalue weighted by atomic mass is 35.5. The normalized spacial score (nSPS) is 10.2. The molecule has 0 heterocycles. The van der Waals surface area contributed by atoms with Gasteiger partial charge >= 0.3 is 0 Å². The van der Waals surface area contributed by atoms with E-state index in [1.54, 1.807) is 12.1 Å². The standard InChI is InChI=1S/C12H15Cl3N2O.ClH/c1-3-17(4-2)7-11(18)16-12-9(14)5-8(13)6-10(12)15;/h5-6H,3-4,7H2,1-2H3,(H,16,18);1H. The molecule has 1 aromatic rings. The number of nitrogens with one attached hydrogen (secondary N) is 2. The van der Waals surface area contributed by atoms with Gasteiger partial charge in [0.1, 0.15) is 0 Å². The first-order valence-electron chi connectivity index (χ1n) is 5.75. The van der Waals surface area contributed by atoms with Gasteiger partial charge in [0, 0.05) is 5.02 Å². The van der Waals surface area contributed by atoms with Gasteiger partial charge < -0.3 is 22.6 Å². The largest absolute Gasteiger partial charge is 1.00 e. The molecule has 2 N–H and O–H groups in total. The minimum Gasteiger partial charge on any atom is -1.00 e. The average Bonchev–Trinajstić information content (AvgIpc) is 2.30. The van der Waals surface area contributed by atoms with E-state index in [1.807, 2.05) is 13.8 Å². The van der Waals surface area contributed by atoms with Gasteiger partial charge in [0.25, 0.3) is 5.91 Å². The fourth-order valence-corrected chi connectivity index (χ4v) is 2.48. The Kier molecular flexibility index (Phi) is 8.79. The van der Waals surface area contributed by atoms with Gasteiger partial charge in [0.15, 0.2) is 6.54 Å². The predicted octanol–water partition coefficient (Wildman–Crippen LogP) is -0.486. The molecule has 108 valence electrons. The van der Waals surface area contributed by atoms with Gasteiger partial charge in [-0.3, -0.25) is 4.79 Å². The van der Waals surface area contributed by atoms with Crippen molar-refractivity contribution in [3.63, 3.8) is 0 Å². The fourth-order valence-electron chi connectivity index (χ4n) is 1.57. The number of carbonyl (C=O) groups excluding carboxylic acids is 1. The molecule has 3 nitrogen and oxygen atoms in total. The lowest BCUT2D eigenvalue weighted by Crippen LogP contribution is -3.12. The number of anilines is 1. The number of benzene rings is 1. The van der Waals surface area contributed by atoms with E-state index in [-0.39, 0.29) is 18.3 Å². The highest BCUT2D eigenvalue weighted by molar-refractivity contribution is 6.42. The molecule has 0 aliphatic rings. The van der Waals surface area contributed by atoms with Crippen molar-refractivity contribution in [3.05, 3.63) is 27.2 Å². The van der Waals surface area contributed by atoms with Gasteiger partial charge in [-0.2, -0.15) is 0 Å². The van der Waals surface area contributed by atoms with E-state index >= 15 is 0 Å². The third-order valence-electron chi connectivity index (χ3n) is 2.68. The molecule has 0 aliphatic heterocycles. The van der Waals surface area contributed by atoms with Gasteiger partial charge in [-0.1, -0.05) is 34.8 Å². The maximum Gasteiger partial charge on any atom is 0.279 e. The van der Waals surface area contributed by atoms with E-state index in [4.69, 9.17) is 34.8 Å². The summed E-state index contributed by atoms with van der Waals surface area (Å²) in [5, 5.41) is 3.85. The Morgan fingerprint density at radius 1 is 1.16 bits per heavy atom. The fraction of sp³-hybridized carbons (Fsp3) is 0.417. The second kappa shape index (κ2) is 8.88. The predicted molar refractivity (Wildman–Crippen MR) is 77.0 cm³/mol. The van der Waals surface area contributed by atoms with Gasteiger partial charge in [-0.15, -0.1) is 0 Å². The molecule has 0 aromatic heterocycles. The second-order valence-corrected chi connectivity index (χ2v) is 5.18. The number of carbonyl (C=O) groups is 1. The Bertz CT molecular complexity index is 413. The van der Waals surface area contributed by atoms with E-state index in [9.17, 15) is 4.79 Å². The summed E-state index contributed by atoms with van der Waals surface area (Å²) in [5.74, 6) is -0.111. The SMILES string of the molecule is CC[NH+](CC)CC(=O)Nc1c(Cl)cc(Cl)cc1Cl.[Cl-]. The molecule has 0 aliphatic carbocycles. The lowest BCUT2D eigenvalue weighted by atomic mass is 10.3. The maximum absolute atomic E-state index is 11.8. The summed E-state index contributed by atoms with van der Waals surface area (Å²) in [5.41, 5.74) is 0.416. The van der Waals surface area contributed by atoms with Crippen LogP contribution in [0.3, 0.4) is 0 Å². The van der Waals surface area contributed by atoms with Crippen molar-refractivity contribution in [1.29, 1.82) is 0 Å². The van der Waals surface area contributed by atoms with Gasteiger partial charge in [0.05, 0.1) is 28.8 Å². The number of hydrogen-bond acceptors (Lipinski definition) is 1. The molecule has 0 atom stereocenters.